The highest BCUT2D eigenvalue weighted by molar-refractivity contribution is 8.02. The van der Waals surface area contributed by atoms with E-state index in [-0.39, 0.29) is 11.2 Å². The minimum Gasteiger partial charge on any atom is -0.325 e. The van der Waals surface area contributed by atoms with Crippen molar-refractivity contribution in [3.8, 4) is 0 Å². The Morgan fingerprint density at radius 1 is 1.35 bits per heavy atom. The standard InChI is InChI=1S/C14H17N3OS2/c1-4-12(20-14-17-16-10(3)19-14)13(18)15-11-8-6-5-7-9(11)2/h5-8,12H,4H2,1-3H3,(H,15,18). The third-order valence-corrected chi connectivity index (χ3v) is 5.10. The van der Waals surface area contributed by atoms with Gasteiger partial charge in [-0.15, -0.1) is 10.2 Å². The predicted octanol–water partition coefficient (Wildman–Crippen LogP) is 3.66. The number of hydrogen-bond acceptors (Lipinski definition) is 5. The zero-order valence-electron chi connectivity index (χ0n) is 11.7. The number of nitrogens with one attached hydrogen (secondary N) is 1. The van der Waals surface area contributed by atoms with Crippen LogP contribution >= 0.6 is 23.1 Å². The number of anilines is 1. The first kappa shape index (κ1) is 15.0. The molecule has 1 heterocycles. The Kier molecular flexibility index (Phi) is 5.14. The summed E-state index contributed by atoms with van der Waals surface area (Å²) < 4.78 is 0.842. The molecule has 1 unspecified atom stereocenters. The monoisotopic (exact) mass is 307 g/mol. The Morgan fingerprint density at radius 2 is 2.10 bits per heavy atom. The van der Waals surface area contributed by atoms with Gasteiger partial charge in [-0.1, -0.05) is 48.2 Å². The van der Waals surface area contributed by atoms with E-state index in [4.69, 9.17) is 0 Å². The fourth-order valence-corrected chi connectivity index (χ4v) is 3.68. The molecule has 1 atom stereocenters. The van der Waals surface area contributed by atoms with Crippen LogP contribution in [0.4, 0.5) is 5.69 Å². The second-order valence-electron chi connectivity index (χ2n) is 4.41. The van der Waals surface area contributed by atoms with Crippen LogP contribution in [0, 0.1) is 13.8 Å². The molecule has 0 spiro atoms. The van der Waals surface area contributed by atoms with Crippen molar-refractivity contribution in [3.63, 3.8) is 0 Å². The molecule has 0 fully saturated rings. The molecule has 0 saturated heterocycles. The molecule has 0 aliphatic heterocycles. The summed E-state index contributed by atoms with van der Waals surface area (Å²) in [7, 11) is 0. The van der Waals surface area contributed by atoms with E-state index in [1.54, 1.807) is 0 Å². The van der Waals surface area contributed by atoms with Crippen molar-refractivity contribution in [3.05, 3.63) is 34.8 Å². The number of carbonyl (C=O) groups is 1. The van der Waals surface area contributed by atoms with Crippen LogP contribution in [0.15, 0.2) is 28.6 Å². The third-order valence-electron chi connectivity index (χ3n) is 2.82. The SMILES string of the molecule is CCC(Sc1nnc(C)s1)C(=O)Nc1ccccc1C. The molecule has 0 bridgehead atoms. The van der Waals surface area contributed by atoms with Gasteiger partial charge in [-0.2, -0.15) is 0 Å². The first-order valence-corrected chi connectivity index (χ1v) is 8.13. The summed E-state index contributed by atoms with van der Waals surface area (Å²) in [5.41, 5.74) is 1.93. The van der Waals surface area contributed by atoms with Crippen molar-refractivity contribution in [2.45, 2.75) is 36.8 Å². The van der Waals surface area contributed by atoms with Gasteiger partial charge in [-0.3, -0.25) is 4.79 Å². The summed E-state index contributed by atoms with van der Waals surface area (Å²) in [6, 6.07) is 7.78. The van der Waals surface area contributed by atoms with Crippen LogP contribution in [0.3, 0.4) is 0 Å². The van der Waals surface area contributed by atoms with Crippen LogP contribution in [0.5, 0.6) is 0 Å². The zero-order valence-corrected chi connectivity index (χ0v) is 13.3. The zero-order chi connectivity index (χ0) is 14.5. The van der Waals surface area contributed by atoms with Crippen LogP contribution in [0.1, 0.15) is 23.9 Å². The quantitative estimate of drug-likeness (QED) is 0.856. The normalized spacial score (nSPS) is 12.2. The fourth-order valence-electron chi connectivity index (χ4n) is 1.70. The molecule has 106 valence electrons. The molecule has 0 aliphatic rings. The molecule has 2 rings (SSSR count). The lowest BCUT2D eigenvalue weighted by Crippen LogP contribution is -2.24. The van der Waals surface area contributed by atoms with Crippen molar-refractivity contribution in [1.82, 2.24) is 10.2 Å². The molecule has 6 heteroatoms. The van der Waals surface area contributed by atoms with Gasteiger partial charge in [0.2, 0.25) is 5.91 Å². The number of benzene rings is 1. The van der Waals surface area contributed by atoms with Gasteiger partial charge in [-0.05, 0) is 31.9 Å². The molecular weight excluding hydrogens is 290 g/mol. The third kappa shape index (κ3) is 3.80. The Hall–Kier alpha value is -1.40. The van der Waals surface area contributed by atoms with E-state index < -0.39 is 0 Å². The van der Waals surface area contributed by atoms with Gasteiger partial charge >= 0.3 is 0 Å². The maximum Gasteiger partial charge on any atom is 0.237 e. The van der Waals surface area contributed by atoms with E-state index in [0.29, 0.717) is 0 Å². The molecular formula is C14H17N3OS2. The first-order chi connectivity index (χ1) is 9.60. The largest absolute Gasteiger partial charge is 0.325 e. The summed E-state index contributed by atoms with van der Waals surface area (Å²) >= 11 is 2.99. The highest BCUT2D eigenvalue weighted by Crippen LogP contribution is 2.29. The van der Waals surface area contributed by atoms with E-state index in [2.05, 4.69) is 15.5 Å². The molecule has 0 aliphatic carbocycles. The van der Waals surface area contributed by atoms with Crippen LogP contribution in [0.25, 0.3) is 0 Å². The van der Waals surface area contributed by atoms with E-state index >= 15 is 0 Å². The molecule has 1 N–H and O–H groups in total. The molecule has 0 radical (unpaired) electrons. The highest BCUT2D eigenvalue weighted by Gasteiger charge is 2.20. The van der Waals surface area contributed by atoms with Crippen molar-refractivity contribution in [2.75, 3.05) is 5.32 Å². The van der Waals surface area contributed by atoms with Gasteiger partial charge in [0, 0.05) is 5.69 Å². The number of thioether (sulfide) groups is 1. The van der Waals surface area contributed by atoms with E-state index in [1.807, 2.05) is 45.0 Å². The molecule has 1 aromatic heterocycles. The van der Waals surface area contributed by atoms with Gasteiger partial charge in [-0.25, -0.2) is 0 Å². The number of aromatic nitrogens is 2. The maximum absolute atomic E-state index is 12.3. The number of rotatable bonds is 5. The first-order valence-electron chi connectivity index (χ1n) is 6.43. The van der Waals surface area contributed by atoms with E-state index in [1.165, 1.54) is 23.1 Å². The Labute approximate surface area is 127 Å². The van der Waals surface area contributed by atoms with E-state index in [9.17, 15) is 4.79 Å². The summed E-state index contributed by atoms with van der Waals surface area (Å²) in [6.45, 7) is 5.90. The van der Waals surface area contributed by atoms with Gasteiger partial charge in [0.05, 0.1) is 5.25 Å². The fraction of sp³-hybridized carbons (Fsp3) is 0.357. The predicted molar refractivity (Wildman–Crippen MR) is 84.4 cm³/mol. The number of nitrogens with zero attached hydrogens (tertiary/aromatic N) is 2. The minimum absolute atomic E-state index is 0.0136. The van der Waals surface area contributed by atoms with Gasteiger partial charge in [0.1, 0.15) is 5.01 Å². The van der Waals surface area contributed by atoms with Crippen molar-refractivity contribution in [2.24, 2.45) is 0 Å². The van der Waals surface area contributed by atoms with Crippen LogP contribution < -0.4 is 5.32 Å². The highest BCUT2D eigenvalue weighted by atomic mass is 32.2. The Balaban J connectivity index is 2.04. The number of para-hydroxylation sites is 1. The van der Waals surface area contributed by atoms with Crippen molar-refractivity contribution >= 4 is 34.7 Å². The smallest absolute Gasteiger partial charge is 0.237 e. The second kappa shape index (κ2) is 6.85. The van der Waals surface area contributed by atoms with E-state index in [0.717, 1.165) is 27.0 Å². The van der Waals surface area contributed by atoms with Crippen LogP contribution in [-0.4, -0.2) is 21.4 Å². The molecule has 20 heavy (non-hydrogen) atoms. The second-order valence-corrected chi connectivity index (χ2v) is 7.04. The summed E-state index contributed by atoms with van der Waals surface area (Å²) in [5, 5.41) is 11.8. The summed E-state index contributed by atoms with van der Waals surface area (Å²) in [4.78, 5) is 12.3. The molecule has 4 nitrogen and oxygen atoms in total. The lowest BCUT2D eigenvalue weighted by atomic mass is 10.2. The molecule has 1 amide bonds. The number of aryl methyl sites for hydroxylation is 2. The summed E-state index contributed by atoms with van der Waals surface area (Å²) in [6.07, 6.45) is 0.751. The number of amides is 1. The Morgan fingerprint density at radius 3 is 2.70 bits per heavy atom. The topological polar surface area (TPSA) is 54.9 Å². The molecule has 1 aromatic carbocycles. The minimum atomic E-state index is -0.151. The summed E-state index contributed by atoms with van der Waals surface area (Å²) in [5.74, 6) is 0.0136. The maximum atomic E-state index is 12.3. The number of carbonyl (C=O) groups excluding carboxylic acids is 1. The van der Waals surface area contributed by atoms with Gasteiger partial charge < -0.3 is 5.32 Å². The average molecular weight is 307 g/mol. The van der Waals surface area contributed by atoms with Crippen LogP contribution in [0.2, 0.25) is 0 Å². The number of hydrogen-bond donors (Lipinski definition) is 1. The Bertz CT molecular complexity index is 598. The van der Waals surface area contributed by atoms with Crippen molar-refractivity contribution < 1.29 is 4.79 Å². The lowest BCUT2D eigenvalue weighted by molar-refractivity contribution is -0.115. The lowest BCUT2D eigenvalue weighted by Gasteiger charge is -2.14. The molecule has 0 saturated carbocycles. The average Bonchev–Trinajstić information content (AvgIpc) is 2.84. The van der Waals surface area contributed by atoms with Gasteiger partial charge in [0.15, 0.2) is 4.34 Å². The van der Waals surface area contributed by atoms with Gasteiger partial charge in [0.25, 0.3) is 0 Å². The molecule has 2 aromatic rings. The van der Waals surface area contributed by atoms with Crippen molar-refractivity contribution in [1.29, 1.82) is 0 Å². The van der Waals surface area contributed by atoms with Crippen LogP contribution in [-0.2, 0) is 4.79 Å².